The summed E-state index contributed by atoms with van der Waals surface area (Å²) in [6, 6.07) is 0. The van der Waals surface area contributed by atoms with Crippen molar-refractivity contribution in [3.05, 3.63) is 0 Å². The van der Waals surface area contributed by atoms with Crippen LogP contribution in [0.4, 0.5) is 0 Å². The van der Waals surface area contributed by atoms with Crippen molar-refractivity contribution in [1.29, 1.82) is 0 Å². The molecule has 0 aromatic rings. The summed E-state index contributed by atoms with van der Waals surface area (Å²) < 4.78 is 4.88. The van der Waals surface area contributed by atoms with Crippen LogP contribution in [0.2, 0.25) is 0 Å². The lowest BCUT2D eigenvalue weighted by Crippen LogP contribution is -2.06. The van der Waals surface area contributed by atoms with Gasteiger partial charge in [0.1, 0.15) is 5.78 Å². The molecule has 0 rings (SSSR count). The van der Waals surface area contributed by atoms with Crippen LogP contribution < -0.4 is 0 Å². The van der Waals surface area contributed by atoms with Crippen molar-refractivity contribution in [1.82, 2.24) is 0 Å². The van der Waals surface area contributed by atoms with Crippen molar-refractivity contribution in [2.24, 2.45) is 0 Å². The zero-order valence-electron chi connectivity index (χ0n) is 7.85. The Labute approximate surface area is 87.0 Å². The number of ether oxygens (including phenoxy) is 1. The standard InChI is InChI=1S/C9H15BrO3/c1-8(11)4-2-5-9(12)13-7-3-6-10/h2-7H2,1H3. The first kappa shape index (κ1) is 12.6. The molecule has 0 spiro atoms. The molecule has 4 heteroatoms. The molecule has 0 amide bonds. The lowest BCUT2D eigenvalue weighted by atomic mass is 10.2. The first-order valence-corrected chi connectivity index (χ1v) is 5.50. The number of alkyl halides is 1. The van der Waals surface area contributed by atoms with Gasteiger partial charge in [0, 0.05) is 18.2 Å². The van der Waals surface area contributed by atoms with Gasteiger partial charge < -0.3 is 9.53 Å². The fourth-order valence-corrected chi connectivity index (χ4v) is 1.02. The summed E-state index contributed by atoms with van der Waals surface area (Å²) >= 11 is 3.24. The SMILES string of the molecule is CC(=O)CCCC(=O)OCCCBr. The molecule has 76 valence electrons. The highest BCUT2D eigenvalue weighted by atomic mass is 79.9. The first-order chi connectivity index (χ1) is 6.16. The fourth-order valence-electron chi connectivity index (χ4n) is 0.794. The van der Waals surface area contributed by atoms with Crippen LogP contribution in [0.3, 0.4) is 0 Å². The second kappa shape index (κ2) is 8.23. The molecular formula is C9H15BrO3. The highest BCUT2D eigenvalue weighted by Gasteiger charge is 2.02. The Morgan fingerprint density at radius 1 is 1.23 bits per heavy atom. The van der Waals surface area contributed by atoms with Gasteiger partial charge in [-0.3, -0.25) is 4.79 Å². The lowest BCUT2D eigenvalue weighted by molar-refractivity contribution is -0.143. The molecular weight excluding hydrogens is 236 g/mol. The molecule has 0 aromatic heterocycles. The van der Waals surface area contributed by atoms with E-state index < -0.39 is 0 Å². The van der Waals surface area contributed by atoms with E-state index in [0.29, 0.717) is 25.9 Å². The predicted octanol–water partition coefficient (Wildman–Crippen LogP) is 2.07. The Morgan fingerprint density at radius 3 is 2.46 bits per heavy atom. The van der Waals surface area contributed by atoms with Gasteiger partial charge in [0.15, 0.2) is 0 Å². The molecule has 0 fully saturated rings. The maximum absolute atomic E-state index is 11.0. The van der Waals surface area contributed by atoms with E-state index in [4.69, 9.17) is 4.74 Å². The van der Waals surface area contributed by atoms with Crippen LogP contribution in [0, 0.1) is 0 Å². The summed E-state index contributed by atoms with van der Waals surface area (Å²) in [5, 5.41) is 0.841. The summed E-state index contributed by atoms with van der Waals surface area (Å²) in [6.07, 6.45) is 2.25. The number of halogens is 1. The number of carbonyl (C=O) groups is 2. The topological polar surface area (TPSA) is 43.4 Å². The minimum atomic E-state index is -0.206. The van der Waals surface area contributed by atoms with Gasteiger partial charge in [0.2, 0.25) is 0 Å². The molecule has 0 saturated carbocycles. The van der Waals surface area contributed by atoms with Crippen LogP contribution in [0.15, 0.2) is 0 Å². The maximum atomic E-state index is 11.0. The summed E-state index contributed by atoms with van der Waals surface area (Å²) in [4.78, 5) is 21.5. The minimum absolute atomic E-state index is 0.119. The number of ketones is 1. The third-order valence-corrected chi connectivity index (χ3v) is 2.01. The molecule has 0 unspecified atom stereocenters. The Bertz CT molecular complexity index is 168. The van der Waals surface area contributed by atoms with Crippen LogP contribution in [-0.4, -0.2) is 23.7 Å². The molecule has 0 aliphatic rings. The van der Waals surface area contributed by atoms with Crippen molar-refractivity contribution in [3.8, 4) is 0 Å². The average molecular weight is 251 g/mol. The van der Waals surface area contributed by atoms with Crippen LogP contribution >= 0.6 is 15.9 Å². The molecule has 13 heavy (non-hydrogen) atoms. The summed E-state index contributed by atoms with van der Waals surface area (Å²) in [5.74, 6) is -0.0875. The van der Waals surface area contributed by atoms with Crippen molar-refractivity contribution < 1.29 is 14.3 Å². The monoisotopic (exact) mass is 250 g/mol. The average Bonchev–Trinajstić information content (AvgIpc) is 2.04. The van der Waals surface area contributed by atoms with E-state index in [1.165, 1.54) is 6.92 Å². The summed E-state index contributed by atoms with van der Waals surface area (Å²) in [5.41, 5.74) is 0. The molecule has 0 aliphatic heterocycles. The molecule has 0 radical (unpaired) electrons. The second-order valence-electron chi connectivity index (χ2n) is 2.82. The zero-order valence-corrected chi connectivity index (χ0v) is 9.43. The second-order valence-corrected chi connectivity index (χ2v) is 3.61. The zero-order chi connectivity index (χ0) is 10.1. The van der Waals surface area contributed by atoms with Gasteiger partial charge in [-0.05, 0) is 19.8 Å². The van der Waals surface area contributed by atoms with Crippen LogP contribution in [0.5, 0.6) is 0 Å². The van der Waals surface area contributed by atoms with Gasteiger partial charge in [0.25, 0.3) is 0 Å². The molecule has 0 saturated heterocycles. The van der Waals surface area contributed by atoms with Gasteiger partial charge in [-0.25, -0.2) is 0 Å². The molecule has 0 bridgehead atoms. The van der Waals surface area contributed by atoms with Gasteiger partial charge in [0.05, 0.1) is 6.61 Å². The first-order valence-electron chi connectivity index (χ1n) is 4.38. The van der Waals surface area contributed by atoms with Gasteiger partial charge >= 0.3 is 5.97 Å². The third kappa shape index (κ3) is 9.53. The van der Waals surface area contributed by atoms with Crippen molar-refractivity contribution >= 4 is 27.7 Å². The molecule has 0 atom stereocenters. The highest BCUT2D eigenvalue weighted by molar-refractivity contribution is 9.09. The third-order valence-electron chi connectivity index (χ3n) is 1.45. The number of hydrogen-bond donors (Lipinski definition) is 0. The number of esters is 1. The molecule has 0 N–H and O–H groups in total. The summed E-state index contributed by atoms with van der Waals surface area (Å²) in [7, 11) is 0. The molecule has 0 heterocycles. The Morgan fingerprint density at radius 2 is 1.92 bits per heavy atom. The van der Waals surface area contributed by atoms with E-state index in [0.717, 1.165) is 11.8 Å². The Kier molecular flexibility index (Phi) is 7.99. The van der Waals surface area contributed by atoms with Crippen LogP contribution in [-0.2, 0) is 14.3 Å². The van der Waals surface area contributed by atoms with Gasteiger partial charge in [-0.2, -0.15) is 0 Å². The molecule has 0 aromatic carbocycles. The molecule has 3 nitrogen and oxygen atoms in total. The number of hydrogen-bond acceptors (Lipinski definition) is 3. The van der Waals surface area contributed by atoms with E-state index in [-0.39, 0.29) is 11.8 Å². The number of carbonyl (C=O) groups excluding carboxylic acids is 2. The Balaban J connectivity index is 3.25. The lowest BCUT2D eigenvalue weighted by Gasteiger charge is -2.01. The molecule has 0 aliphatic carbocycles. The quantitative estimate of drug-likeness (QED) is 0.395. The van der Waals surface area contributed by atoms with E-state index in [9.17, 15) is 9.59 Å². The smallest absolute Gasteiger partial charge is 0.305 e. The maximum Gasteiger partial charge on any atom is 0.305 e. The number of rotatable bonds is 7. The number of Topliss-reactive ketones (excluding diaryl/α,β-unsaturated/α-hetero) is 1. The van der Waals surface area contributed by atoms with Gasteiger partial charge in [-0.1, -0.05) is 15.9 Å². The van der Waals surface area contributed by atoms with E-state index >= 15 is 0 Å². The van der Waals surface area contributed by atoms with Crippen molar-refractivity contribution in [3.63, 3.8) is 0 Å². The van der Waals surface area contributed by atoms with E-state index in [1.54, 1.807) is 0 Å². The van der Waals surface area contributed by atoms with E-state index in [1.807, 2.05) is 0 Å². The van der Waals surface area contributed by atoms with Crippen LogP contribution in [0.1, 0.15) is 32.6 Å². The Hall–Kier alpha value is -0.380. The van der Waals surface area contributed by atoms with Crippen LogP contribution in [0.25, 0.3) is 0 Å². The summed E-state index contributed by atoms with van der Waals surface area (Å²) in [6.45, 7) is 1.99. The largest absolute Gasteiger partial charge is 0.466 e. The van der Waals surface area contributed by atoms with Crippen molar-refractivity contribution in [2.45, 2.75) is 32.6 Å². The fraction of sp³-hybridized carbons (Fsp3) is 0.778. The van der Waals surface area contributed by atoms with Gasteiger partial charge in [-0.15, -0.1) is 0 Å². The highest BCUT2D eigenvalue weighted by Crippen LogP contribution is 1.99. The van der Waals surface area contributed by atoms with E-state index in [2.05, 4.69) is 15.9 Å². The predicted molar refractivity (Wildman–Crippen MR) is 53.9 cm³/mol. The van der Waals surface area contributed by atoms with Crippen molar-refractivity contribution in [2.75, 3.05) is 11.9 Å². The minimum Gasteiger partial charge on any atom is -0.466 e. The normalized spacial score (nSPS) is 9.69.